The van der Waals surface area contributed by atoms with E-state index in [0.717, 1.165) is 22.6 Å². The molecule has 0 fully saturated rings. The fourth-order valence-electron chi connectivity index (χ4n) is 2.57. The first-order valence-corrected chi connectivity index (χ1v) is 7.48. The molecule has 0 aliphatic rings. The second-order valence-corrected chi connectivity index (χ2v) is 5.34. The molecule has 0 saturated carbocycles. The van der Waals surface area contributed by atoms with E-state index in [1.54, 1.807) is 23.9 Å². The van der Waals surface area contributed by atoms with E-state index >= 15 is 0 Å². The molecule has 118 valence electrons. The molecule has 4 rings (SSSR count). The molecule has 0 radical (unpaired) electrons. The number of ether oxygens (including phenoxy) is 1. The average Bonchev–Trinajstić information content (AvgIpc) is 3.07. The van der Waals surface area contributed by atoms with Gasteiger partial charge < -0.3 is 9.15 Å². The lowest BCUT2D eigenvalue weighted by molar-refractivity contribution is 0.415. The van der Waals surface area contributed by atoms with Crippen molar-refractivity contribution in [3.63, 3.8) is 0 Å². The van der Waals surface area contributed by atoms with E-state index in [2.05, 4.69) is 5.10 Å². The molecule has 0 atom stereocenters. The van der Waals surface area contributed by atoms with E-state index in [1.165, 1.54) is 0 Å². The molecule has 0 unspecified atom stereocenters. The predicted octanol–water partition coefficient (Wildman–Crippen LogP) is 3.63. The van der Waals surface area contributed by atoms with Crippen LogP contribution in [-0.2, 0) is 0 Å². The quantitative estimate of drug-likeness (QED) is 0.579. The minimum Gasteiger partial charge on any atom is -0.497 e. The van der Waals surface area contributed by atoms with E-state index in [1.807, 2.05) is 54.6 Å². The van der Waals surface area contributed by atoms with Gasteiger partial charge in [-0.05, 0) is 30.3 Å². The van der Waals surface area contributed by atoms with Crippen molar-refractivity contribution in [1.82, 2.24) is 9.61 Å². The van der Waals surface area contributed by atoms with Crippen LogP contribution < -0.4 is 10.4 Å². The molecule has 0 spiro atoms. The molecule has 0 aliphatic carbocycles. The maximum absolute atomic E-state index is 12.3. The van der Waals surface area contributed by atoms with Crippen molar-refractivity contribution in [1.29, 1.82) is 0 Å². The summed E-state index contributed by atoms with van der Waals surface area (Å²) in [6, 6.07) is 18.8. The van der Waals surface area contributed by atoms with Gasteiger partial charge in [-0.2, -0.15) is 5.10 Å². The zero-order chi connectivity index (χ0) is 16.5. The van der Waals surface area contributed by atoms with E-state index in [-0.39, 0.29) is 0 Å². The van der Waals surface area contributed by atoms with Gasteiger partial charge in [0.1, 0.15) is 5.75 Å². The normalized spacial score (nSPS) is 10.9. The van der Waals surface area contributed by atoms with Gasteiger partial charge in [-0.3, -0.25) is 0 Å². The van der Waals surface area contributed by atoms with Gasteiger partial charge in [0.05, 0.1) is 19.0 Å². The monoisotopic (exact) mass is 318 g/mol. The molecule has 2 heterocycles. The number of methoxy groups -OCH3 is 1. The minimum atomic E-state index is -0.419. The lowest BCUT2D eigenvalue weighted by Crippen LogP contribution is -2.04. The first-order chi connectivity index (χ1) is 11.7. The Morgan fingerprint density at radius 1 is 1.00 bits per heavy atom. The zero-order valence-corrected chi connectivity index (χ0v) is 13.0. The fraction of sp³-hybridized carbons (Fsp3) is 0.0526. The lowest BCUT2D eigenvalue weighted by Gasteiger charge is -2.03. The van der Waals surface area contributed by atoms with Crippen LogP contribution in [0.5, 0.6) is 5.75 Å². The summed E-state index contributed by atoms with van der Waals surface area (Å²) in [6.45, 7) is 0. The summed E-state index contributed by atoms with van der Waals surface area (Å²) in [5.74, 6) is 1.20. The predicted molar refractivity (Wildman–Crippen MR) is 91.2 cm³/mol. The van der Waals surface area contributed by atoms with Crippen LogP contribution in [-0.4, -0.2) is 16.7 Å². The van der Waals surface area contributed by atoms with Gasteiger partial charge in [-0.15, -0.1) is 0 Å². The van der Waals surface area contributed by atoms with Crippen LogP contribution in [0.4, 0.5) is 0 Å². The molecule has 5 heteroatoms. The Morgan fingerprint density at radius 3 is 2.46 bits per heavy atom. The first-order valence-electron chi connectivity index (χ1n) is 7.48. The summed E-state index contributed by atoms with van der Waals surface area (Å²) < 4.78 is 12.1. The second-order valence-electron chi connectivity index (χ2n) is 5.34. The molecular formula is C19H14N2O3. The highest BCUT2D eigenvalue weighted by Crippen LogP contribution is 2.23. The maximum Gasteiger partial charge on any atom is 0.362 e. The Morgan fingerprint density at radius 2 is 1.75 bits per heavy atom. The highest BCUT2D eigenvalue weighted by molar-refractivity contribution is 5.66. The van der Waals surface area contributed by atoms with Crippen molar-refractivity contribution in [2.75, 3.05) is 7.11 Å². The molecule has 2 aromatic heterocycles. The Bertz CT molecular complexity index is 1050. The van der Waals surface area contributed by atoms with Crippen LogP contribution >= 0.6 is 0 Å². The summed E-state index contributed by atoms with van der Waals surface area (Å²) in [7, 11) is 1.61. The topological polar surface area (TPSA) is 56.7 Å². The SMILES string of the molecule is COc1ccc(-c2cn3nc(-c4ccccc4)cc3c(=O)o2)cc1. The van der Waals surface area contributed by atoms with E-state index in [0.29, 0.717) is 11.3 Å². The van der Waals surface area contributed by atoms with Gasteiger partial charge in [-0.1, -0.05) is 30.3 Å². The molecule has 0 aliphatic heterocycles. The van der Waals surface area contributed by atoms with Crippen molar-refractivity contribution in [2.24, 2.45) is 0 Å². The molecule has 0 bridgehead atoms. The number of aromatic nitrogens is 2. The van der Waals surface area contributed by atoms with Gasteiger partial charge in [0.2, 0.25) is 0 Å². The third kappa shape index (κ3) is 2.46. The number of benzene rings is 2. The van der Waals surface area contributed by atoms with Crippen molar-refractivity contribution >= 4 is 5.52 Å². The third-order valence-corrected chi connectivity index (χ3v) is 3.83. The van der Waals surface area contributed by atoms with E-state index in [4.69, 9.17) is 9.15 Å². The Balaban J connectivity index is 1.83. The fourth-order valence-corrected chi connectivity index (χ4v) is 2.57. The average molecular weight is 318 g/mol. The second kappa shape index (κ2) is 5.70. The van der Waals surface area contributed by atoms with Gasteiger partial charge in [0, 0.05) is 11.1 Å². The number of rotatable bonds is 3. The first kappa shape index (κ1) is 14.3. The smallest absolute Gasteiger partial charge is 0.362 e. The van der Waals surface area contributed by atoms with Crippen LogP contribution in [0.15, 0.2) is 76.1 Å². The molecule has 0 amide bonds. The largest absolute Gasteiger partial charge is 0.497 e. The highest BCUT2D eigenvalue weighted by Gasteiger charge is 2.11. The summed E-state index contributed by atoms with van der Waals surface area (Å²) in [5.41, 5.74) is 2.46. The Labute approximate surface area is 137 Å². The minimum absolute atomic E-state index is 0.408. The maximum atomic E-state index is 12.3. The van der Waals surface area contributed by atoms with Crippen LogP contribution in [0.25, 0.3) is 28.1 Å². The van der Waals surface area contributed by atoms with Crippen molar-refractivity contribution in [2.45, 2.75) is 0 Å². The number of fused-ring (bicyclic) bond motifs is 1. The third-order valence-electron chi connectivity index (χ3n) is 3.83. The summed E-state index contributed by atoms with van der Waals surface area (Å²) in [6.07, 6.45) is 1.71. The molecular weight excluding hydrogens is 304 g/mol. The number of hydrogen-bond donors (Lipinski definition) is 0. The summed E-state index contributed by atoms with van der Waals surface area (Å²) in [5, 5.41) is 4.50. The van der Waals surface area contributed by atoms with Crippen molar-refractivity contribution in [3.8, 4) is 28.3 Å². The number of nitrogens with zero attached hydrogens (tertiary/aromatic N) is 2. The molecule has 2 aromatic carbocycles. The van der Waals surface area contributed by atoms with E-state index in [9.17, 15) is 4.79 Å². The van der Waals surface area contributed by atoms with Crippen molar-refractivity contribution in [3.05, 3.63) is 77.3 Å². The van der Waals surface area contributed by atoms with Gasteiger partial charge in [0.15, 0.2) is 11.3 Å². The molecule has 4 aromatic rings. The highest BCUT2D eigenvalue weighted by atomic mass is 16.5. The molecule has 24 heavy (non-hydrogen) atoms. The summed E-state index contributed by atoms with van der Waals surface area (Å²) >= 11 is 0. The van der Waals surface area contributed by atoms with Crippen LogP contribution in [0.1, 0.15) is 0 Å². The molecule has 0 saturated heterocycles. The van der Waals surface area contributed by atoms with Gasteiger partial charge >= 0.3 is 5.63 Å². The molecule has 5 nitrogen and oxygen atoms in total. The summed E-state index contributed by atoms with van der Waals surface area (Å²) in [4.78, 5) is 12.3. The Kier molecular flexibility index (Phi) is 3.39. The van der Waals surface area contributed by atoms with E-state index < -0.39 is 5.63 Å². The van der Waals surface area contributed by atoms with Gasteiger partial charge in [-0.25, -0.2) is 9.31 Å². The standard InChI is InChI=1S/C19H14N2O3/c1-23-15-9-7-14(8-10-15)18-12-21-17(19(22)24-18)11-16(20-21)13-5-3-2-4-6-13/h2-12H,1H3. The lowest BCUT2D eigenvalue weighted by atomic mass is 10.1. The van der Waals surface area contributed by atoms with Crippen LogP contribution in [0, 0.1) is 0 Å². The zero-order valence-electron chi connectivity index (χ0n) is 13.0. The molecule has 0 N–H and O–H groups in total. The van der Waals surface area contributed by atoms with Gasteiger partial charge in [0.25, 0.3) is 0 Å². The van der Waals surface area contributed by atoms with Crippen LogP contribution in [0.2, 0.25) is 0 Å². The van der Waals surface area contributed by atoms with Crippen LogP contribution in [0.3, 0.4) is 0 Å². The van der Waals surface area contributed by atoms with Crippen molar-refractivity contribution < 1.29 is 9.15 Å². The Hall–Kier alpha value is -3.34. The number of hydrogen-bond acceptors (Lipinski definition) is 4.